The summed E-state index contributed by atoms with van der Waals surface area (Å²) in [6, 6.07) is 12.2. The number of carbonyl (C=O) groups is 2. The number of rotatable bonds is 5. The number of Topliss-reactive ketones (excluding diaryl/α,β-unsaturated/α-hetero) is 1. The number of ketones is 1. The molecule has 0 saturated carbocycles. The lowest BCUT2D eigenvalue weighted by atomic mass is 10.0. The number of benzene rings is 2. The minimum atomic E-state index is -0.617. The van der Waals surface area contributed by atoms with Gasteiger partial charge in [0.05, 0.1) is 11.0 Å². The minimum Gasteiger partial charge on any atom is -0.457 e. The fraction of sp³-hybridized carbons (Fsp3) is 0.174. The van der Waals surface area contributed by atoms with Gasteiger partial charge in [0.15, 0.2) is 5.78 Å². The summed E-state index contributed by atoms with van der Waals surface area (Å²) in [7, 11) is 0. The number of aromatic nitrogens is 2. The zero-order chi connectivity index (χ0) is 21.3. The Morgan fingerprint density at radius 2 is 2.00 bits per heavy atom. The van der Waals surface area contributed by atoms with E-state index in [1.165, 1.54) is 11.5 Å². The van der Waals surface area contributed by atoms with Crippen molar-refractivity contribution < 1.29 is 18.7 Å². The first-order valence-electron chi connectivity index (χ1n) is 9.51. The molecule has 0 aliphatic heterocycles. The first-order valence-corrected chi connectivity index (χ1v) is 9.51. The van der Waals surface area contributed by atoms with Crippen LogP contribution in [-0.2, 0) is 0 Å². The zero-order valence-electron chi connectivity index (χ0n) is 16.6. The third-order valence-electron chi connectivity index (χ3n) is 4.91. The summed E-state index contributed by atoms with van der Waals surface area (Å²) < 4.78 is 19.8. The molecule has 1 N–H and O–H groups in total. The third-order valence-corrected chi connectivity index (χ3v) is 4.91. The van der Waals surface area contributed by atoms with Gasteiger partial charge < -0.3 is 10.1 Å². The monoisotopic (exact) mass is 405 g/mol. The van der Waals surface area contributed by atoms with Crippen molar-refractivity contribution in [3.63, 3.8) is 0 Å². The number of nitrogens with zero attached hydrogens (tertiary/aromatic N) is 2. The van der Waals surface area contributed by atoms with Gasteiger partial charge in [-0.25, -0.2) is 9.18 Å². The predicted octanol–water partition coefficient (Wildman–Crippen LogP) is 5.02. The lowest BCUT2D eigenvalue weighted by molar-refractivity contribution is 0.101. The van der Waals surface area contributed by atoms with Crippen LogP contribution < -0.4 is 10.1 Å². The molecule has 4 aromatic rings. The molecule has 0 fully saturated rings. The maximum atomic E-state index is 12.3. The summed E-state index contributed by atoms with van der Waals surface area (Å²) in [4.78, 5) is 28.4. The number of hydrogen-bond donors (Lipinski definition) is 1. The van der Waals surface area contributed by atoms with Crippen LogP contribution in [0.15, 0.2) is 54.9 Å². The number of fused-ring (bicyclic) bond motifs is 2. The molecule has 2 heterocycles. The lowest BCUT2D eigenvalue weighted by Gasteiger charge is -2.11. The SMILES string of the molecule is CC(=O)c1cc2c(Oc3ccc4c(ccn4C(=O)NCCF)c3)ccnc2cc1C. The smallest absolute Gasteiger partial charge is 0.326 e. The number of hydrogen-bond acceptors (Lipinski definition) is 4. The van der Waals surface area contributed by atoms with E-state index in [0.717, 1.165) is 21.9 Å². The lowest BCUT2D eigenvalue weighted by Crippen LogP contribution is -2.29. The average Bonchev–Trinajstić information content (AvgIpc) is 3.15. The molecular weight excluding hydrogens is 385 g/mol. The third kappa shape index (κ3) is 3.61. The van der Waals surface area contributed by atoms with Gasteiger partial charge in [0.1, 0.15) is 18.2 Å². The Morgan fingerprint density at radius 1 is 1.17 bits per heavy atom. The van der Waals surface area contributed by atoms with E-state index in [1.807, 2.05) is 19.1 Å². The Kier molecular flexibility index (Phi) is 5.18. The van der Waals surface area contributed by atoms with Crippen molar-refractivity contribution in [1.29, 1.82) is 0 Å². The Morgan fingerprint density at radius 3 is 2.77 bits per heavy atom. The van der Waals surface area contributed by atoms with Crippen LogP contribution in [0.4, 0.5) is 9.18 Å². The molecule has 0 saturated heterocycles. The van der Waals surface area contributed by atoms with Crippen molar-refractivity contribution in [1.82, 2.24) is 14.9 Å². The van der Waals surface area contributed by atoms with Gasteiger partial charge in [-0.15, -0.1) is 0 Å². The Balaban J connectivity index is 1.69. The molecule has 7 heteroatoms. The highest BCUT2D eigenvalue weighted by Gasteiger charge is 2.13. The summed E-state index contributed by atoms with van der Waals surface area (Å²) in [5, 5.41) is 4.06. The van der Waals surface area contributed by atoms with Crippen molar-refractivity contribution >= 4 is 33.6 Å². The van der Waals surface area contributed by atoms with E-state index in [2.05, 4.69) is 10.3 Å². The quantitative estimate of drug-likeness (QED) is 0.473. The van der Waals surface area contributed by atoms with E-state index < -0.39 is 6.67 Å². The van der Waals surface area contributed by atoms with E-state index in [4.69, 9.17) is 4.74 Å². The highest BCUT2D eigenvalue weighted by Crippen LogP contribution is 2.32. The summed E-state index contributed by atoms with van der Waals surface area (Å²) in [6.45, 7) is 2.77. The van der Waals surface area contributed by atoms with Gasteiger partial charge in [0, 0.05) is 35.3 Å². The van der Waals surface area contributed by atoms with Crippen LogP contribution in [0.3, 0.4) is 0 Å². The molecule has 4 rings (SSSR count). The van der Waals surface area contributed by atoms with Crippen LogP contribution in [0.5, 0.6) is 11.5 Å². The maximum absolute atomic E-state index is 12.3. The number of halogens is 1. The molecule has 0 spiro atoms. The summed E-state index contributed by atoms with van der Waals surface area (Å²) in [5.74, 6) is 1.15. The Hall–Kier alpha value is -3.74. The summed E-state index contributed by atoms with van der Waals surface area (Å²) >= 11 is 0. The van der Waals surface area contributed by atoms with Crippen molar-refractivity contribution in [2.45, 2.75) is 13.8 Å². The molecule has 0 aliphatic rings. The summed E-state index contributed by atoms with van der Waals surface area (Å²) in [6.07, 6.45) is 3.29. The van der Waals surface area contributed by atoms with Crippen molar-refractivity contribution in [3.05, 3.63) is 66.0 Å². The maximum Gasteiger partial charge on any atom is 0.326 e. The van der Waals surface area contributed by atoms with E-state index in [0.29, 0.717) is 22.6 Å². The normalized spacial score (nSPS) is 11.0. The fourth-order valence-corrected chi connectivity index (χ4v) is 3.47. The van der Waals surface area contributed by atoms with Crippen LogP contribution in [-0.4, -0.2) is 34.6 Å². The van der Waals surface area contributed by atoms with Gasteiger partial charge in [0.2, 0.25) is 0 Å². The molecule has 6 nitrogen and oxygen atoms in total. The van der Waals surface area contributed by atoms with Gasteiger partial charge in [0.25, 0.3) is 0 Å². The van der Waals surface area contributed by atoms with E-state index >= 15 is 0 Å². The number of alkyl halides is 1. The number of aryl methyl sites for hydroxylation is 1. The van der Waals surface area contributed by atoms with Crippen LogP contribution >= 0.6 is 0 Å². The largest absolute Gasteiger partial charge is 0.457 e. The molecular formula is C23H20FN3O3. The van der Waals surface area contributed by atoms with E-state index in [-0.39, 0.29) is 18.4 Å². The number of ether oxygens (including phenoxy) is 1. The number of nitrogens with one attached hydrogen (secondary N) is 1. The first-order chi connectivity index (χ1) is 14.5. The second kappa shape index (κ2) is 7.94. The van der Waals surface area contributed by atoms with Crippen LogP contribution in [0, 0.1) is 6.92 Å². The van der Waals surface area contributed by atoms with Gasteiger partial charge in [-0.3, -0.25) is 14.3 Å². The molecule has 0 bridgehead atoms. The second-order valence-corrected chi connectivity index (χ2v) is 6.98. The molecule has 0 unspecified atom stereocenters. The van der Waals surface area contributed by atoms with Crippen molar-refractivity contribution in [2.24, 2.45) is 0 Å². The van der Waals surface area contributed by atoms with Crippen molar-refractivity contribution in [2.75, 3.05) is 13.2 Å². The highest BCUT2D eigenvalue weighted by atomic mass is 19.1. The Labute approximate surface area is 172 Å². The standard InChI is InChI=1S/C23H20FN3O3/c1-14-11-20-19(13-18(14)15(2)28)22(5-8-25-20)30-17-3-4-21-16(12-17)6-10-27(21)23(29)26-9-7-24/h3-6,8,10-13H,7,9H2,1-2H3,(H,26,29). The van der Waals surface area contributed by atoms with Crippen molar-refractivity contribution in [3.8, 4) is 11.5 Å². The van der Waals surface area contributed by atoms with Crippen LogP contribution in [0.2, 0.25) is 0 Å². The fourth-order valence-electron chi connectivity index (χ4n) is 3.47. The van der Waals surface area contributed by atoms with Gasteiger partial charge >= 0.3 is 6.03 Å². The predicted molar refractivity (Wildman–Crippen MR) is 113 cm³/mol. The molecule has 30 heavy (non-hydrogen) atoms. The molecule has 0 radical (unpaired) electrons. The minimum absolute atomic E-state index is 0.0157. The second-order valence-electron chi connectivity index (χ2n) is 6.98. The van der Waals surface area contributed by atoms with Crippen LogP contribution in [0.1, 0.15) is 22.8 Å². The number of amides is 1. The van der Waals surface area contributed by atoms with Gasteiger partial charge in [-0.2, -0.15) is 0 Å². The first kappa shape index (κ1) is 19.6. The molecule has 2 aromatic carbocycles. The number of pyridine rings is 1. The Bertz CT molecular complexity index is 1280. The summed E-state index contributed by atoms with van der Waals surface area (Å²) in [5.41, 5.74) is 2.93. The molecule has 152 valence electrons. The average molecular weight is 405 g/mol. The molecule has 2 aromatic heterocycles. The van der Waals surface area contributed by atoms with E-state index in [9.17, 15) is 14.0 Å². The zero-order valence-corrected chi connectivity index (χ0v) is 16.6. The molecule has 0 aliphatic carbocycles. The van der Waals surface area contributed by atoms with Crippen LogP contribution in [0.25, 0.3) is 21.8 Å². The number of carbonyl (C=O) groups excluding carboxylic acids is 2. The van der Waals surface area contributed by atoms with Gasteiger partial charge in [-0.05, 0) is 61.9 Å². The van der Waals surface area contributed by atoms with Gasteiger partial charge in [-0.1, -0.05) is 0 Å². The molecule has 0 atom stereocenters. The van der Waals surface area contributed by atoms with E-state index in [1.54, 1.807) is 42.7 Å². The topological polar surface area (TPSA) is 73.2 Å². The highest BCUT2D eigenvalue weighted by molar-refractivity contribution is 6.00. The molecule has 1 amide bonds.